The van der Waals surface area contributed by atoms with Crippen LogP contribution in [0.15, 0.2) is 48.5 Å². The molecule has 0 saturated carbocycles. The molecule has 0 atom stereocenters. The number of benzene rings is 2. The lowest BCUT2D eigenvalue weighted by molar-refractivity contribution is -0.192. The SMILES string of the molecule is Clc1ccccc1OCCCn1c2c(c3ccccc31)CCNC2.O=C(O)C(F)(F)F. The number of ether oxygens (including phenoxy) is 1. The van der Waals surface area contributed by atoms with Crippen molar-refractivity contribution in [3.05, 3.63) is 64.8 Å². The standard InChI is InChI=1S/C20H21ClN2O.C2HF3O2/c21-17-7-2-4-9-20(17)24-13-5-12-23-18-8-3-1-6-15(18)16-10-11-22-14-19(16)23;3-2(4,5)1(6)7/h1-4,6-9,22H,5,10-14H2;(H,6,7). The number of aryl methyl sites for hydroxylation is 1. The van der Waals surface area contributed by atoms with Gasteiger partial charge in [0.25, 0.3) is 0 Å². The Balaban J connectivity index is 0.000000339. The number of carboxylic acids is 1. The van der Waals surface area contributed by atoms with E-state index in [4.69, 9.17) is 26.2 Å². The van der Waals surface area contributed by atoms with Gasteiger partial charge in [0.2, 0.25) is 0 Å². The highest BCUT2D eigenvalue weighted by Gasteiger charge is 2.38. The zero-order valence-corrected chi connectivity index (χ0v) is 17.3. The summed E-state index contributed by atoms with van der Waals surface area (Å²) in [6.45, 7) is 3.65. The zero-order chi connectivity index (χ0) is 22.4. The summed E-state index contributed by atoms with van der Waals surface area (Å²) in [6, 6.07) is 16.4. The third-order valence-electron chi connectivity index (χ3n) is 4.90. The Kier molecular flexibility index (Phi) is 7.46. The summed E-state index contributed by atoms with van der Waals surface area (Å²) in [4.78, 5) is 8.90. The first-order valence-corrected chi connectivity index (χ1v) is 10.1. The topological polar surface area (TPSA) is 63.5 Å². The average Bonchev–Trinajstić information content (AvgIpc) is 3.06. The number of hydrogen-bond donors (Lipinski definition) is 2. The number of aliphatic carboxylic acids is 1. The van der Waals surface area contributed by atoms with Crippen molar-refractivity contribution in [3.8, 4) is 5.75 Å². The van der Waals surface area contributed by atoms with Gasteiger partial charge in [0.15, 0.2) is 0 Å². The molecular formula is C22H22ClF3N2O3. The molecule has 2 N–H and O–H groups in total. The molecule has 0 amide bonds. The number of aromatic nitrogens is 1. The number of nitrogens with one attached hydrogen (secondary N) is 1. The maximum Gasteiger partial charge on any atom is 0.490 e. The number of para-hydroxylation sites is 2. The largest absolute Gasteiger partial charge is 0.492 e. The maximum absolute atomic E-state index is 10.6. The van der Waals surface area contributed by atoms with E-state index < -0.39 is 12.1 Å². The molecule has 4 rings (SSSR count). The van der Waals surface area contributed by atoms with Crippen molar-refractivity contribution >= 4 is 28.5 Å². The number of carboxylic acid groups (broad SMARTS) is 1. The molecule has 2 aromatic carbocycles. The van der Waals surface area contributed by atoms with Crippen LogP contribution < -0.4 is 10.1 Å². The van der Waals surface area contributed by atoms with Gasteiger partial charge in [-0.1, -0.05) is 41.9 Å². The Labute approximate surface area is 182 Å². The molecule has 1 aromatic heterocycles. The van der Waals surface area contributed by atoms with E-state index in [0.717, 1.165) is 38.2 Å². The van der Waals surface area contributed by atoms with Crippen molar-refractivity contribution in [1.82, 2.24) is 9.88 Å². The summed E-state index contributed by atoms with van der Waals surface area (Å²) in [5.74, 6) is -1.99. The van der Waals surface area contributed by atoms with Crippen molar-refractivity contribution in [1.29, 1.82) is 0 Å². The van der Waals surface area contributed by atoms with Crippen LogP contribution in [0.25, 0.3) is 10.9 Å². The summed E-state index contributed by atoms with van der Waals surface area (Å²) < 4.78 is 40.0. The Morgan fingerprint density at radius 2 is 1.84 bits per heavy atom. The van der Waals surface area contributed by atoms with Gasteiger partial charge < -0.3 is 19.7 Å². The van der Waals surface area contributed by atoms with Gasteiger partial charge in [0.05, 0.1) is 11.6 Å². The lowest BCUT2D eigenvalue weighted by Gasteiger charge is -2.17. The minimum Gasteiger partial charge on any atom is -0.492 e. The minimum atomic E-state index is -5.08. The summed E-state index contributed by atoms with van der Waals surface area (Å²) in [7, 11) is 0. The quantitative estimate of drug-likeness (QED) is 0.530. The normalized spacial score (nSPS) is 13.3. The molecule has 0 radical (unpaired) electrons. The Hall–Kier alpha value is -2.71. The molecule has 5 nitrogen and oxygen atoms in total. The fourth-order valence-electron chi connectivity index (χ4n) is 3.55. The predicted octanol–water partition coefficient (Wildman–Crippen LogP) is 5.04. The molecule has 0 saturated heterocycles. The fourth-order valence-corrected chi connectivity index (χ4v) is 3.74. The Bertz CT molecular complexity index is 1050. The highest BCUT2D eigenvalue weighted by molar-refractivity contribution is 6.32. The van der Waals surface area contributed by atoms with E-state index in [-0.39, 0.29) is 0 Å². The number of hydrogen-bond acceptors (Lipinski definition) is 3. The molecule has 1 aliphatic heterocycles. The van der Waals surface area contributed by atoms with Crippen molar-refractivity contribution in [2.75, 3.05) is 13.2 Å². The van der Waals surface area contributed by atoms with Gasteiger partial charge >= 0.3 is 12.1 Å². The summed E-state index contributed by atoms with van der Waals surface area (Å²) in [5, 5.41) is 12.7. The monoisotopic (exact) mass is 454 g/mol. The van der Waals surface area contributed by atoms with Gasteiger partial charge in [-0.2, -0.15) is 13.2 Å². The molecule has 0 bridgehead atoms. The first-order valence-electron chi connectivity index (χ1n) is 9.76. The second-order valence-corrected chi connectivity index (χ2v) is 7.36. The number of fused-ring (bicyclic) bond motifs is 3. The lowest BCUT2D eigenvalue weighted by atomic mass is 10.1. The van der Waals surface area contributed by atoms with E-state index in [1.165, 1.54) is 22.2 Å². The van der Waals surface area contributed by atoms with Gasteiger partial charge in [-0.15, -0.1) is 0 Å². The first-order chi connectivity index (χ1) is 14.8. The van der Waals surface area contributed by atoms with E-state index >= 15 is 0 Å². The minimum absolute atomic E-state index is 0.665. The highest BCUT2D eigenvalue weighted by atomic mass is 35.5. The van der Waals surface area contributed by atoms with E-state index in [9.17, 15) is 13.2 Å². The van der Waals surface area contributed by atoms with Crippen molar-refractivity contribution in [2.45, 2.75) is 32.1 Å². The molecule has 9 heteroatoms. The van der Waals surface area contributed by atoms with E-state index in [1.54, 1.807) is 0 Å². The number of halogens is 4. The van der Waals surface area contributed by atoms with Crippen LogP contribution in [0, 0.1) is 0 Å². The molecule has 0 unspecified atom stereocenters. The number of nitrogens with zero attached hydrogens (tertiary/aromatic N) is 1. The Morgan fingerprint density at radius 3 is 2.55 bits per heavy atom. The zero-order valence-electron chi connectivity index (χ0n) is 16.6. The van der Waals surface area contributed by atoms with Crippen LogP contribution in [0.5, 0.6) is 5.75 Å². The van der Waals surface area contributed by atoms with E-state index in [2.05, 4.69) is 34.1 Å². The smallest absolute Gasteiger partial charge is 0.490 e. The van der Waals surface area contributed by atoms with Crippen LogP contribution in [0.3, 0.4) is 0 Å². The summed E-state index contributed by atoms with van der Waals surface area (Å²) in [6.07, 6.45) is -3.02. The number of carbonyl (C=O) groups is 1. The third kappa shape index (κ3) is 5.71. The summed E-state index contributed by atoms with van der Waals surface area (Å²) in [5.41, 5.74) is 4.28. The van der Waals surface area contributed by atoms with E-state index in [1.807, 2.05) is 24.3 Å². The maximum atomic E-state index is 10.6. The first kappa shape index (κ1) is 23.0. The molecule has 0 aliphatic carbocycles. The predicted molar refractivity (Wildman–Crippen MR) is 113 cm³/mol. The third-order valence-corrected chi connectivity index (χ3v) is 5.21. The number of rotatable bonds is 5. The van der Waals surface area contributed by atoms with Crippen molar-refractivity contribution < 1.29 is 27.8 Å². The molecule has 0 spiro atoms. The van der Waals surface area contributed by atoms with Crippen molar-refractivity contribution in [2.24, 2.45) is 0 Å². The molecule has 3 aromatic rings. The number of alkyl halides is 3. The van der Waals surface area contributed by atoms with E-state index in [0.29, 0.717) is 11.6 Å². The van der Waals surface area contributed by atoms with Crippen LogP contribution >= 0.6 is 11.6 Å². The second kappa shape index (κ2) is 10.1. The lowest BCUT2D eigenvalue weighted by Crippen LogP contribution is -2.25. The van der Waals surface area contributed by atoms with Crippen LogP contribution in [0.1, 0.15) is 17.7 Å². The fraction of sp³-hybridized carbons (Fsp3) is 0.318. The Morgan fingerprint density at radius 1 is 1.16 bits per heavy atom. The molecule has 2 heterocycles. The average molecular weight is 455 g/mol. The van der Waals surface area contributed by atoms with Gasteiger partial charge in [-0.25, -0.2) is 4.79 Å². The van der Waals surface area contributed by atoms with Crippen molar-refractivity contribution in [3.63, 3.8) is 0 Å². The van der Waals surface area contributed by atoms with Gasteiger partial charge in [0.1, 0.15) is 5.75 Å². The molecule has 31 heavy (non-hydrogen) atoms. The van der Waals surface area contributed by atoms with Crippen LogP contribution in [0.2, 0.25) is 5.02 Å². The van der Waals surface area contributed by atoms with Gasteiger partial charge in [0, 0.05) is 29.7 Å². The molecule has 1 aliphatic rings. The van der Waals surface area contributed by atoms with Gasteiger partial charge in [-0.05, 0) is 43.1 Å². The van der Waals surface area contributed by atoms with Crippen LogP contribution in [0.4, 0.5) is 13.2 Å². The summed E-state index contributed by atoms with van der Waals surface area (Å²) >= 11 is 6.14. The van der Waals surface area contributed by atoms with Gasteiger partial charge in [-0.3, -0.25) is 0 Å². The molecule has 0 fully saturated rings. The van der Waals surface area contributed by atoms with Crippen LogP contribution in [-0.4, -0.2) is 35.0 Å². The van der Waals surface area contributed by atoms with Crippen LogP contribution in [-0.2, 0) is 24.3 Å². The highest BCUT2D eigenvalue weighted by Crippen LogP contribution is 2.29. The second-order valence-electron chi connectivity index (χ2n) is 6.96. The molecule has 166 valence electrons. The molecular weight excluding hydrogens is 433 g/mol.